The van der Waals surface area contributed by atoms with E-state index in [0.29, 0.717) is 0 Å². The van der Waals surface area contributed by atoms with Gasteiger partial charge in [-0.15, -0.1) is 0 Å². The van der Waals surface area contributed by atoms with Gasteiger partial charge in [0.05, 0.1) is 0 Å². The van der Waals surface area contributed by atoms with Crippen LogP contribution < -0.4 is 0 Å². The first kappa shape index (κ1) is 33.1. The molecule has 0 aliphatic heterocycles. The Morgan fingerprint density at radius 1 is 0.222 bits per heavy atom. The summed E-state index contributed by atoms with van der Waals surface area (Å²) in [5.74, 6) is 0. The molecule has 256 valence electrons. The van der Waals surface area contributed by atoms with Crippen LogP contribution in [0.25, 0.3) is 98.7 Å². The Labute approximate surface area is 317 Å². The molecule has 0 aromatic heterocycles. The van der Waals surface area contributed by atoms with E-state index < -0.39 is 0 Å². The van der Waals surface area contributed by atoms with Crippen LogP contribution in [0.15, 0.2) is 206 Å². The van der Waals surface area contributed by atoms with E-state index in [1.165, 1.54) is 98.7 Å². The second-order valence-electron chi connectivity index (χ2n) is 13.6. The summed E-state index contributed by atoms with van der Waals surface area (Å²) in [6, 6.07) is 75.6. The van der Waals surface area contributed by atoms with Gasteiger partial charge in [-0.05, 0) is 111 Å². The van der Waals surface area contributed by atoms with Crippen molar-refractivity contribution >= 4 is 43.1 Å². The highest BCUT2D eigenvalue weighted by Crippen LogP contribution is 2.48. The van der Waals surface area contributed by atoms with Crippen LogP contribution in [0.4, 0.5) is 0 Å². The Morgan fingerprint density at radius 3 is 1.30 bits per heavy atom. The summed E-state index contributed by atoms with van der Waals surface area (Å²) in [6.45, 7) is 4.00. The lowest BCUT2D eigenvalue weighted by molar-refractivity contribution is 1.50. The van der Waals surface area contributed by atoms with E-state index in [0.717, 1.165) is 0 Å². The van der Waals surface area contributed by atoms with Gasteiger partial charge in [0.2, 0.25) is 0 Å². The first-order valence-electron chi connectivity index (χ1n) is 19.0. The molecule has 0 spiro atoms. The first-order valence-corrected chi connectivity index (χ1v) is 19.0. The van der Waals surface area contributed by atoms with Crippen LogP contribution in [0.2, 0.25) is 0 Å². The quantitative estimate of drug-likeness (QED) is 0.158. The van der Waals surface area contributed by atoms with Crippen molar-refractivity contribution in [1.82, 2.24) is 0 Å². The molecule has 0 fully saturated rings. The fourth-order valence-corrected chi connectivity index (χ4v) is 8.27. The maximum atomic E-state index is 2.42. The summed E-state index contributed by atoms with van der Waals surface area (Å²) >= 11 is 0. The van der Waals surface area contributed by atoms with Crippen LogP contribution in [-0.2, 0) is 0 Å². The van der Waals surface area contributed by atoms with Crippen molar-refractivity contribution in [2.24, 2.45) is 0 Å². The fourth-order valence-electron chi connectivity index (χ4n) is 8.27. The molecule has 0 aliphatic rings. The molecule has 0 heterocycles. The van der Waals surface area contributed by atoms with Crippen LogP contribution in [0.1, 0.15) is 13.8 Å². The van der Waals surface area contributed by atoms with Crippen molar-refractivity contribution in [3.8, 4) is 55.6 Å². The van der Waals surface area contributed by atoms with Crippen molar-refractivity contribution in [3.05, 3.63) is 206 Å². The molecule has 0 aliphatic carbocycles. The highest BCUT2D eigenvalue weighted by molar-refractivity contribution is 6.23. The van der Waals surface area contributed by atoms with Gasteiger partial charge in [-0.1, -0.05) is 208 Å². The molecule has 0 saturated carbocycles. The first-order chi connectivity index (χ1) is 26.8. The second kappa shape index (κ2) is 14.3. The third kappa shape index (κ3) is 5.74. The lowest BCUT2D eigenvalue weighted by atomic mass is 9.82. The van der Waals surface area contributed by atoms with Crippen molar-refractivity contribution in [1.29, 1.82) is 0 Å². The van der Waals surface area contributed by atoms with Gasteiger partial charge in [0, 0.05) is 0 Å². The van der Waals surface area contributed by atoms with E-state index >= 15 is 0 Å². The topological polar surface area (TPSA) is 0 Å². The predicted molar refractivity (Wildman–Crippen MR) is 235 cm³/mol. The maximum absolute atomic E-state index is 2.42. The number of hydrogen-bond acceptors (Lipinski definition) is 0. The molecule has 0 atom stereocenters. The largest absolute Gasteiger partial charge is 0.0683 e. The average Bonchev–Trinajstić information content (AvgIpc) is 3.26. The summed E-state index contributed by atoms with van der Waals surface area (Å²) in [4.78, 5) is 0. The van der Waals surface area contributed by atoms with Gasteiger partial charge >= 0.3 is 0 Å². The summed E-state index contributed by atoms with van der Waals surface area (Å²) in [6.07, 6.45) is 0. The lowest BCUT2D eigenvalue weighted by Crippen LogP contribution is -1.94. The minimum Gasteiger partial charge on any atom is -0.0683 e. The van der Waals surface area contributed by atoms with Gasteiger partial charge in [-0.2, -0.15) is 0 Å². The van der Waals surface area contributed by atoms with E-state index in [4.69, 9.17) is 0 Å². The van der Waals surface area contributed by atoms with E-state index in [1.807, 2.05) is 13.8 Å². The van der Waals surface area contributed by atoms with Gasteiger partial charge in [-0.3, -0.25) is 0 Å². The number of hydrogen-bond donors (Lipinski definition) is 0. The number of rotatable bonds is 5. The maximum Gasteiger partial charge on any atom is -0.00199 e. The molecule has 10 aromatic carbocycles. The molecule has 54 heavy (non-hydrogen) atoms. The van der Waals surface area contributed by atoms with E-state index in [1.54, 1.807) is 0 Å². The zero-order valence-electron chi connectivity index (χ0n) is 30.6. The molecule has 0 heteroatoms. The molecule has 0 unspecified atom stereocenters. The monoisotopic (exact) mass is 688 g/mol. The zero-order valence-corrected chi connectivity index (χ0v) is 30.6. The van der Waals surface area contributed by atoms with Crippen molar-refractivity contribution in [3.63, 3.8) is 0 Å². The smallest absolute Gasteiger partial charge is 0.00199 e. The van der Waals surface area contributed by atoms with Gasteiger partial charge in [0.25, 0.3) is 0 Å². The Hall–Kier alpha value is -6.76. The minimum atomic E-state index is 1.21. The fraction of sp³-hybridized carbons (Fsp3) is 0.0370. The summed E-state index contributed by atoms with van der Waals surface area (Å²) in [5.41, 5.74) is 12.4. The van der Waals surface area contributed by atoms with Crippen LogP contribution in [0.3, 0.4) is 0 Å². The highest BCUT2D eigenvalue weighted by atomic mass is 14.2. The van der Waals surface area contributed by atoms with Crippen LogP contribution in [-0.4, -0.2) is 0 Å². The van der Waals surface area contributed by atoms with E-state index in [9.17, 15) is 0 Å². The molecule has 10 rings (SSSR count). The Kier molecular flexibility index (Phi) is 8.79. The SMILES string of the molecule is CC.c1ccc(-c2ccc(-c3ccc(-c4ccc5ccccc5c4)c4ccccc34)c(-c3c4ccccc4c(-c4ccccc4)c4ccccc34)c2)cc1. The van der Waals surface area contributed by atoms with Gasteiger partial charge in [0.15, 0.2) is 0 Å². The Bertz CT molecular complexity index is 2880. The minimum absolute atomic E-state index is 1.21. The second-order valence-corrected chi connectivity index (χ2v) is 13.6. The van der Waals surface area contributed by atoms with Gasteiger partial charge < -0.3 is 0 Å². The molecular formula is C54H40. The van der Waals surface area contributed by atoms with Crippen LogP contribution in [0.5, 0.6) is 0 Å². The normalized spacial score (nSPS) is 11.1. The molecule has 0 saturated heterocycles. The Morgan fingerprint density at radius 2 is 0.667 bits per heavy atom. The van der Waals surface area contributed by atoms with Crippen LogP contribution in [0, 0.1) is 0 Å². The lowest BCUT2D eigenvalue weighted by Gasteiger charge is -2.21. The number of benzene rings is 10. The average molecular weight is 689 g/mol. The highest BCUT2D eigenvalue weighted by Gasteiger charge is 2.21. The summed E-state index contributed by atoms with van der Waals surface area (Å²) in [7, 11) is 0. The molecule has 0 radical (unpaired) electrons. The Balaban J connectivity index is 0.00000189. The molecule has 0 N–H and O–H groups in total. The summed E-state index contributed by atoms with van der Waals surface area (Å²) < 4.78 is 0. The van der Waals surface area contributed by atoms with Gasteiger partial charge in [-0.25, -0.2) is 0 Å². The third-order valence-corrected chi connectivity index (χ3v) is 10.7. The van der Waals surface area contributed by atoms with Crippen molar-refractivity contribution < 1.29 is 0 Å². The van der Waals surface area contributed by atoms with E-state index in [-0.39, 0.29) is 0 Å². The zero-order chi connectivity index (χ0) is 36.4. The summed E-state index contributed by atoms with van der Waals surface area (Å²) in [5, 5.41) is 10.0. The van der Waals surface area contributed by atoms with E-state index in [2.05, 4.69) is 206 Å². The third-order valence-electron chi connectivity index (χ3n) is 10.7. The molecule has 10 aromatic rings. The predicted octanol–water partition coefficient (Wildman–Crippen LogP) is 15.7. The molecule has 0 amide bonds. The van der Waals surface area contributed by atoms with Gasteiger partial charge in [0.1, 0.15) is 0 Å². The molecular weight excluding hydrogens is 649 g/mol. The number of fused-ring (bicyclic) bond motifs is 4. The molecule has 0 bridgehead atoms. The molecule has 0 nitrogen and oxygen atoms in total. The standard InChI is InChI=1S/C52H34.C2H6/c1-3-15-35(16-4-1)39-29-30-45(44-32-31-41(42-21-9-10-22-43(42)44)40-28-27-36-17-7-8-20-38(36)33-40)50(34-39)52-48-25-13-11-23-46(48)51(37-18-5-2-6-19-37)47-24-12-14-26-49(47)52;1-2/h1-34H;1-2H3. The van der Waals surface area contributed by atoms with Crippen LogP contribution >= 0.6 is 0 Å². The van der Waals surface area contributed by atoms with Crippen molar-refractivity contribution in [2.75, 3.05) is 0 Å². The van der Waals surface area contributed by atoms with Crippen molar-refractivity contribution in [2.45, 2.75) is 13.8 Å².